The fourth-order valence-corrected chi connectivity index (χ4v) is 3.60. The van der Waals surface area contributed by atoms with E-state index < -0.39 is 53.8 Å². The van der Waals surface area contributed by atoms with Gasteiger partial charge in [-0.1, -0.05) is 11.3 Å². The fourth-order valence-electron chi connectivity index (χ4n) is 2.87. The average molecular weight is 428 g/mol. The first-order valence-electron chi connectivity index (χ1n) is 8.11. The molecule has 0 aliphatic carbocycles. The summed E-state index contributed by atoms with van der Waals surface area (Å²) in [6, 6.07) is 3.76. The molecule has 1 saturated heterocycles. The van der Waals surface area contributed by atoms with Crippen LogP contribution in [0.3, 0.4) is 0 Å². The predicted molar refractivity (Wildman–Crippen MR) is 95.6 cm³/mol. The van der Waals surface area contributed by atoms with Crippen molar-refractivity contribution in [1.82, 2.24) is 9.55 Å². The molecule has 1 fully saturated rings. The van der Waals surface area contributed by atoms with Crippen molar-refractivity contribution < 1.29 is 34.5 Å². The van der Waals surface area contributed by atoms with Crippen molar-refractivity contribution in [3.8, 4) is 0 Å². The second-order valence-electron chi connectivity index (χ2n) is 6.05. The molecule has 0 unspecified atom stereocenters. The Morgan fingerprint density at radius 3 is 2.72 bits per heavy atom. The number of aliphatic hydroxyl groups excluding tert-OH is 3. The lowest BCUT2D eigenvalue weighted by atomic mass is 10.0. The number of anilines is 1. The summed E-state index contributed by atoms with van der Waals surface area (Å²) in [4.78, 5) is 39.1. The van der Waals surface area contributed by atoms with Gasteiger partial charge < -0.3 is 30.5 Å². The van der Waals surface area contributed by atoms with Crippen molar-refractivity contribution in [1.29, 1.82) is 0 Å². The van der Waals surface area contributed by atoms with Gasteiger partial charge in [-0.05, 0) is 12.1 Å². The van der Waals surface area contributed by atoms with Gasteiger partial charge in [-0.3, -0.25) is 14.7 Å². The van der Waals surface area contributed by atoms with Crippen LogP contribution in [0, 0.1) is 10.1 Å². The van der Waals surface area contributed by atoms with E-state index in [-0.39, 0.29) is 10.8 Å². The number of carbonyl (C=O) groups is 1. The normalized spacial score (nSPS) is 26.4. The SMILES string of the molecule is Nc1ccn([C@]2(C(=O)OCc3ccc([N+](=O)[O-])s3)O[C@H](CO)[C@@H](O)[C@H]2O)c(=O)n1. The van der Waals surface area contributed by atoms with Crippen LogP contribution in [-0.2, 0) is 26.6 Å². The van der Waals surface area contributed by atoms with Crippen LogP contribution in [0.25, 0.3) is 0 Å². The van der Waals surface area contributed by atoms with E-state index >= 15 is 0 Å². The molecule has 0 bridgehead atoms. The minimum Gasteiger partial charge on any atom is -0.456 e. The van der Waals surface area contributed by atoms with Gasteiger partial charge in [0.15, 0.2) is 0 Å². The number of carbonyl (C=O) groups excluding carboxylic acids is 1. The lowest BCUT2D eigenvalue weighted by molar-refractivity contribution is -0.380. The van der Waals surface area contributed by atoms with Gasteiger partial charge in [-0.25, -0.2) is 9.59 Å². The van der Waals surface area contributed by atoms with Gasteiger partial charge in [0.2, 0.25) is 0 Å². The molecule has 2 aromatic rings. The van der Waals surface area contributed by atoms with Gasteiger partial charge in [-0.15, -0.1) is 0 Å². The van der Waals surface area contributed by atoms with Gasteiger partial charge >= 0.3 is 16.7 Å². The maximum Gasteiger partial charge on any atom is 0.363 e. The molecular formula is C15H16N4O9S. The Morgan fingerprint density at radius 1 is 1.45 bits per heavy atom. The first-order chi connectivity index (χ1) is 13.7. The summed E-state index contributed by atoms with van der Waals surface area (Å²) < 4.78 is 11.1. The van der Waals surface area contributed by atoms with Crippen molar-refractivity contribution in [3.63, 3.8) is 0 Å². The molecule has 0 saturated carbocycles. The minimum atomic E-state index is -2.55. The van der Waals surface area contributed by atoms with E-state index in [9.17, 15) is 35.0 Å². The highest BCUT2D eigenvalue weighted by molar-refractivity contribution is 7.15. The molecule has 3 heterocycles. The second-order valence-corrected chi connectivity index (χ2v) is 7.20. The molecule has 2 aromatic heterocycles. The molecule has 0 spiro atoms. The summed E-state index contributed by atoms with van der Waals surface area (Å²) in [6.07, 6.45) is -4.09. The van der Waals surface area contributed by atoms with E-state index in [1.165, 1.54) is 12.1 Å². The number of hydrogen-bond acceptors (Lipinski definition) is 12. The quantitative estimate of drug-likeness (QED) is 0.232. The number of aromatic nitrogens is 2. The van der Waals surface area contributed by atoms with E-state index in [1.807, 2.05) is 0 Å². The van der Waals surface area contributed by atoms with Crippen LogP contribution in [0.15, 0.2) is 29.2 Å². The second kappa shape index (κ2) is 7.84. The van der Waals surface area contributed by atoms with Crippen molar-refractivity contribution in [2.75, 3.05) is 12.3 Å². The average Bonchev–Trinajstić information content (AvgIpc) is 3.25. The molecule has 5 N–H and O–H groups in total. The molecule has 13 nitrogen and oxygen atoms in total. The number of rotatable bonds is 6. The third-order valence-corrected chi connectivity index (χ3v) is 5.28. The number of aliphatic hydroxyl groups is 3. The minimum absolute atomic E-state index is 0.160. The smallest absolute Gasteiger partial charge is 0.363 e. The van der Waals surface area contributed by atoms with Gasteiger partial charge in [0.25, 0.3) is 5.72 Å². The van der Waals surface area contributed by atoms with E-state index in [4.69, 9.17) is 15.2 Å². The highest BCUT2D eigenvalue weighted by Gasteiger charge is 2.62. The molecule has 156 valence electrons. The molecule has 0 aromatic carbocycles. The molecule has 1 aliphatic heterocycles. The fraction of sp³-hybridized carbons (Fsp3) is 0.400. The highest BCUT2D eigenvalue weighted by Crippen LogP contribution is 2.36. The number of esters is 1. The summed E-state index contributed by atoms with van der Waals surface area (Å²) in [6.45, 7) is -1.19. The van der Waals surface area contributed by atoms with Gasteiger partial charge in [0, 0.05) is 17.1 Å². The van der Waals surface area contributed by atoms with Crippen molar-refractivity contribution in [2.45, 2.75) is 30.6 Å². The standard InChI is InChI=1S/C15H16N4O9S/c16-9-3-4-18(14(24)17-9)15(12(22)11(21)8(5-20)28-15)13(23)27-6-7-1-2-10(29-7)19(25)26/h1-4,8,11-12,20-22H,5-6H2,(H2,16,17,24)/t8-,11-,12-,15+/m1/s1. The van der Waals surface area contributed by atoms with Crippen LogP contribution in [0.4, 0.5) is 10.8 Å². The van der Waals surface area contributed by atoms with E-state index in [1.54, 1.807) is 0 Å². The number of hydrogen-bond donors (Lipinski definition) is 4. The number of ether oxygens (including phenoxy) is 2. The number of nitrogen functional groups attached to an aromatic ring is 1. The molecule has 1 aliphatic rings. The Balaban J connectivity index is 1.95. The summed E-state index contributed by atoms with van der Waals surface area (Å²) in [5, 5.41) is 40.6. The lowest BCUT2D eigenvalue weighted by Gasteiger charge is -2.31. The zero-order chi connectivity index (χ0) is 21.3. The Labute approximate surface area is 165 Å². The Kier molecular flexibility index (Phi) is 5.63. The molecule has 14 heteroatoms. The van der Waals surface area contributed by atoms with Crippen LogP contribution < -0.4 is 11.4 Å². The lowest BCUT2D eigenvalue weighted by Crippen LogP contribution is -2.56. The molecule has 29 heavy (non-hydrogen) atoms. The number of nitrogens with two attached hydrogens (primary N) is 1. The summed E-state index contributed by atoms with van der Waals surface area (Å²) in [5.41, 5.74) is 1.82. The Morgan fingerprint density at radius 2 is 2.17 bits per heavy atom. The van der Waals surface area contributed by atoms with Gasteiger partial charge in [0.05, 0.1) is 11.5 Å². The third kappa shape index (κ3) is 3.58. The van der Waals surface area contributed by atoms with Crippen molar-refractivity contribution >= 4 is 28.1 Å². The van der Waals surface area contributed by atoms with Gasteiger partial charge in [-0.2, -0.15) is 4.98 Å². The maximum atomic E-state index is 12.9. The van der Waals surface area contributed by atoms with Crippen molar-refractivity contribution in [2.24, 2.45) is 0 Å². The monoisotopic (exact) mass is 428 g/mol. The predicted octanol–water partition coefficient (Wildman–Crippen LogP) is -1.70. The summed E-state index contributed by atoms with van der Waals surface area (Å²) in [7, 11) is 0. The first-order valence-corrected chi connectivity index (χ1v) is 8.93. The van der Waals surface area contributed by atoms with E-state index in [2.05, 4.69) is 4.98 Å². The zero-order valence-corrected chi connectivity index (χ0v) is 15.4. The topological polar surface area (TPSA) is 200 Å². The summed E-state index contributed by atoms with van der Waals surface area (Å²) in [5.74, 6) is -1.43. The highest BCUT2D eigenvalue weighted by atomic mass is 32.1. The van der Waals surface area contributed by atoms with E-state index in [0.29, 0.717) is 9.44 Å². The van der Waals surface area contributed by atoms with Crippen LogP contribution in [-0.4, -0.2) is 60.7 Å². The van der Waals surface area contributed by atoms with Crippen LogP contribution in [0.5, 0.6) is 0 Å². The van der Waals surface area contributed by atoms with Crippen molar-refractivity contribution in [3.05, 3.63) is 49.9 Å². The largest absolute Gasteiger partial charge is 0.456 e. The van der Waals surface area contributed by atoms with Crippen LogP contribution in [0.2, 0.25) is 0 Å². The molecular weight excluding hydrogens is 412 g/mol. The molecule has 0 amide bonds. The first kappa shape index (κ1) is 20.8. The maximum absolute atomic E-state index is 12.9. The Bertz CT molecular complexity index is 992. The number of nitro groups is 1. The zero-order valence-electron chi connectivity index (χ0n) is 14.6. The molecule has 0 radical (unpaired) electrons. The van der Waals surface area contributed by atoms with Gasteiger partial charge in [0.1, 0.15) is 30.7 Å². The summed E-state index contributed by atoms with van der Waals surface area (Å²) >= 11 is 0.765. The van der Waals surface area contributed by atoms with Crippen LogP contribution in [0.1, 0.15) is 4.88 Å². The molecule has 3 rings (SSSR count). The molecule has 4 atom stereocenters. The van der Waals surface area contributed by atoms with E-state index in [0.717, 1.165) is 23.6 Å². The Hall–Kier alpha value is -2.91. The number of thiophene rings is 1. The number of nitrogens with zero attached hydrogens (tertiary/aromatic N) is 3. The third-order valence-electron chi connectivity index (χ3n) is 4.26. The van der Waals surface area contributed by atoms with Crippen LogP contribution >= 0.6 is 11.3 Å².